The van der Waals surface area contributed by atoms with Crippen LogP contribution in [0.5, 0.6) is 0 Å². The first-order chi connectivity index (χ1) is 18.8. The van der Waals surface area contributed by atoms with Gasteiger partial charge < -0.3 is 42.6 Å². The van der Waals surface area contributed by atoms with Gasteiger partial charge in [-0.2, -0.15) is 0 Å². The number of nitrogens with two attached hydrogens (primary N) is 2. The number of carbonyl (C=O) groups excluding carboxylic acids is 4. The first-order valence-electron chi connectivity index (χ1n) is 12.7. The topological polar surface area (TPSA) is 247 Å². The number of aromatic nitrogens is 1. The lowest BCUT2D eigenvalue weighted by Gasteiger charge is -2.26. The number of amides is 4. The molecule has 0 saturated heterocycles. The highest BCUT2D eigenvalue weighted by Crippen LogP contribution is 2.19. The van der Waals surface area contributed by atoms with E-state index < -0.39 is 66.2 Å². The van der Waals surface area contributed by atoms with E-state index in [0.717, 1.165) is 10.9 Å². The largest absolute Gasteiger partial charge is 0.481 e. The number of rotatable bonds is 16. The molecule has 2 rings (SSSR count). The highest BCUT2D eigenvalue weighted by molar-refractivity contribution is 5.95. The molecule has 0 radical (unpaired) electrons. The molecule has 2 aromatic rings. The first kappa shape index (κ1) is 31.8. The van der Waals surface area contributed by atoms with Gasteiger partial charge in [-0.25, -0.2) is 4.79 Å². The summed E-state index contributed by atoms with van der Waals surface area (Å²) in [5, 5.41) is 26.4. The molecule has 4 amide bonds. The summed E-state index contributed by atoms with van der Waals surface area (Å²) >= 11 is 0. The van der Waals surface area contributed by atoms with E-state index in [1.54, 1.807) is 20.0 Å². The number of aliphatic carboxylic acids is 2. The number of nitrogens with one attached hydrogen (secondary N) is 4. The minimum atomic E-state index is -1.59. The Hall–Kier alpha value is -4.46. The molecule has 1 heterocycles. The van der Waals surface area contributed by atoms with Crippen molar-refractivity contribution in [3.05, 3.63) is 36.0 Å². The van der Waals surface area contributed by atoms with Crippen LogP contribution in [0.15, 0.2) is 30.5 Å². The van der Waals surface area contributed by atoms with Gasteiger partial charge in [-0.15, -0.1) is 0 Å². The van der Waals surface area contributed by atoms with Crippen LogP contribution in [-0.4, -0.2) is 74.9 Å². The number of para-hydroxylation sites is 1. The molecular weight excluding hydrogens is 524 g/mol. The van der Waals surface area contributed by atoms with E-state index in [1.165, 1.54) is 0 Å². The fourth-order valence-electron chi connectivity index (χ4n) is 4.07. The van der Waals surface area contributed by atoms with Gasteiger partial charge in [0, 0.05) is 29.9 Å². The van der Waals surface area contributed by atoms with Crippen LogP contribution in [0.2, 0.25) is 0 Å². The van der Waals surface area contributed by atoms with E-state index in [2.05, 4.69) is 20.9 Å². The van der Waals surface area contributed by atoms with Gasteiger partial charge >= 0.3 is 11.9 Å². The molecule has 0 aliphatic carbocycles. The van der Waals surface area contributed by atoms with Gasteiger partial charge in [0.15, 0.2) is 0 Å². The van der Waals surface area contributed by atoms with Crippen molar-refractivity contribution in [2.45, 2.75) is 70.1 Å². The van der Waals surface area contributed by atoms with Crippen molar-refractivity contribution >= 4 is 46.5 Å². The summed E-state index contributed by atoms with van der Waals surface area (Å²) in [5.41, 5.74) is 12.4. The van der Waals surface area contributed by atoms with Crippen molar-refractivity contribution < 1.29 is 39.0 Å². The van der Waals surface area contributed by atoms with Crippen molar-refractivity contribution in [3.8, 4) is 0 Å². The zero-order valence-corrected chi connectivity index (χ0v) is 22.3. The van der Waals surface area contributed by atoms with Crippen LogP contribution in [0.25, 0.3) is 10.9 Å². The summed E-state index contributed by atoms with van der Waals surface area (Å²) in [6, 6.07) is 2.09. The quantitative estimate of drug-likeness (QED) is 0.130. The molecule has 0 bridgehead atoms. The standard InChI is InChI=1S/C26H36N6O8/c1-13(2)9-18(24(37)32-20(26(39)40)11-21(28)33)31-25(38)19(30-23(36)16(27)7-8-22(34)35)10-14-12-29-17-6-4-3-5-15(14)17/h3-6,12-13,16,18-20,29H,7-11,27H2,1-2H3,(H2,28,33)(H,30,36)(H,31,38)(H,32,37)(H,34,35)(H,39,40). The third-order valence-electron chi connectivity index (χ3n) is 6.10. The molecule has 0 fully saturated rings. The number of hydrogen-bond donors (Lipinski definition) is 8. The number of benzene rings is 1. The van der Waals surface area contributed by atoms with Crippen LogP contribution < -0.4 is 27.4 Å². The van der Waals surface area contributed by atoms with Gasteiger partial charge in [0.1, 0.15) is 18.1 Å². The monoisotopic (exact) mass is 560 g/mol. The van der Waals surface area contributed by atoms with Gasteiger partial charge in [-0.3, -0.25) is 24.0 Å². The van der Waals surface area contributed by atoms with E-state index in [1.807, 2.05) is 24.3 Å². The third kappa shape index (κ3) is 9.69. The lowest BCUT2D eigenvalue weighted by atomic mass is 10.00. The average Bonchev–Trinajstić information content (AvgIpc) is 3.28. The molecule has 40 heavy (non-hydrogen) atoms. The second-order valence-corrected chi connectivity index (χ2v) is 9.92. The third-order valence-corrected chi connectivity index (χ3v) is 6.10. The van der Waals surface area contributed by atoms with Crippen molar-refractivity contribution in [1.82, 2.24) is 20.9 Å². The lowest BCUT2D eigenvalue weighted by Crippen LogP contribution is -2.58. The number of carbonyl (C=O) groups is 6. The number of fused-ring (bicyclic) bond motifs is 1. The van der Waals surface area contributed by atoms with Crippen LogP contribution in [-0.2, 0) is 35.2 Å². The highest BCUT2D eigenvalue weighted by atomic mass is 16.4. The van der Waals surface area contributed by atoms with E-state index in [4.69, 9.17) is 16.6 Å². The zero-order chi connectivity index (χ0) is 30.0. The van der Waals surface area contributed by atoms with Crippen LogP contribution in [0.3, 0.4) is 0 Å². The fraction of sp³-hybridized carbons (Fsp3) is 0.462. The van der Waals surface area contributed by atoms with Gasteiger partial charge in [-0.05, 0) is 30.4 Å². The minimum Gasteiger partial charge on any atom is -0.481 e. The zero-order valence-electron chi connectivity index (χ0n) is 22.3. The van der Waals surface area contributed by atoms with E-state index in [0.29, 0.717) is 5.56 Å². The van der Waals surface area contributed by atoms with Gasteiger partial charge in [0.25, 0.3) is 0 Å². The molecule has 14 nitrogen and oxygen atoms in total. The Morgan fingerprint density at radius 2 is 1.50 bits per heavy atom. The molecular formula is C26H36N6O8. The van der Waals surface area contributed by atoms with Crippen LogP contribution in [0.1, 0.15) is 45.1 Å². The molecule has 0 aliphatic heterocycles. The minimum absolute atomic E-state index is 0.00266. The molecule has 1 aromatic carbocycles. The SMILES string of the molecule is CC(C)CC(NC(=O)C(Cc1c[nH]c2ccccc12)NC(=O)C(N)CCC(=O)O)C(=O)NC(CC(N)=O)C(=O)O. The molecule has 14 heteroatoms. The van der Waals surface area contributed by atoms with Crippen LogP contribution in [0, 0.1) is 5.92 Å². The van der Waals surface area contributed by atoms with E-state index >= 15 is 0 Å². The number of carboxylic acid groups (broad SMARTS) is 2. The predicted octanol–water partition coefficient (Wildman–Crippen LogP) is -0.637. The molecule has 1 aromatic heterocycles. The molecule has 4 unspecified atom stereocenters. The summed E-state index contributed by atoms with van der Waals surface area (Å²) in [5.74, 6) is -5.98. The van der Waals surface area contributed by atoms with E-state index in [-0.39, 0.29) is 31.6 Å². The Bertz CT molecular complexity index is 1240. The summed E-state index contributed by atoms with van der Waals surface area (Å²) in [4.78, 5) is 76.0. The summed E-state index contributed by atoms with van der Waals surface area (Å²) in [7, 11) is 0. The number of primary amides is 1. The predicted molar refractivity (Wildman–Crippen MR) is 144 cm³/mol. The number of H-pyrrole nitrogens is 1. The molecule has 4 atom stereocenters. The van der Waals surface area contributed by atoms with Crippen LogP contribution >= 0.6 is 0 Å². The average molecular weight is 561 g/mol. The highest BCUT2D eigenvalue weighted by Gasteiger charge is 2.32. The molecule has 218 valence electrons. The van der Waals surface area contributed by atoms with Gasteiger partial charge in [0.2, 0.25) is 23.6 Å². The first-order valence-corrected chi connectivity index (χ1v) is 12.7. The maximum Gasteiger partial charge on any atom is 0.326 e. The molecule has 0 spiro atoms. The molecule has 10 N–H and O–H groups in total. The maximum absolute atomic E-state index is 13.5. The fourth-order valence-corrected chi connectivity index (χ4v) is 4.07. The number of carboxylic acids is 2. The summed E-state index contributed by atoms with van der Waals surface area (Å²) in [6.45, 7) is 3.58. The lowest BCUT2D eigenvalue weighted by molar-refractivity contribution is -0.144. The maximum atomic E-state index is 13.5. The van der Waals surface area contributed by atoms with Gasteiger partial charge in [0.05, 0.1) is 12.5 Å². The van der Waals surface area contributed by atoms with Gasteiger partial charge in [-0.1, -0.05) is 32.0 Å². The number of hydrogen-bond acceptors (Lipinski definition) is 7. The van der Waals surface area contributed by atoms with Crippen molar-refractivity contribution in [3.63, 3.8) is 0 Å². The number of aromatic amines is 1. The van der Waals surface area contributed by atoms with Crippen molar-refractivity contribution in [1.29, 1.82) is 0 Å². The Kier molecular flexibility index (Phi) is 11.6. The summed E-state index contributed by atoms with van der Waals surface area (Å²) in [6.07, 6.45) is 0.658. The summed E-state index contributed by atoms with van der Waals surface area (Å²) < 4.78 is 0. The second kappa shape index (κ2) is 14.6. The van der Waals surface area contributed by atoms with E-state index in [9.17, 15) is 33.9 Å². The normalized spacial score (nSPS) is 14.1. The molecule has 0 aliphatic rings. The molecule has 0 saturated carbocycles. The van der Waals surface area contributed by atoms with Crippen molar-refractivity contribution in [2.75, 3.05) is 0 Å². The smallest absolute Gasteiger partial charge is 0.326 e. The Morgan fingerprint density at radius 3 is 2.10 bits per heavy atom. The Labute approximate surface area is 230 Å². The Balaban J connectivity index is 2.30. The Morgan fingerprint density at radius 1 is 0.900 bits per heavy atom. The van der Waals surface area contributed by atoms with Crippen LogP contribution in [0.4, 0.5) is 0 Å². The second-order valence-electron chi connectivity index (χ2n) is 9.92. The van der Waals surface area contributed by atoms with Crippen molar-refractivity contribution in [2.24, 2.45) is 17.4 Å².